The molecule has 1 N–H and O–H groups in total. The van der Waals surface area contributed by atoms with E-state index in [0.29, 0.717) is 5.56 Å². The van der Waals surface area contributed by atoms with E-state index in [0.717, 1.165) is 25.8 Å². The molecule has 0 saturated carbocycles. The van der Waals surface area contributed by atoms with Crippen molar-refractivity contribution in [2.75, 3.05) is 5.32 Å². The fourth-order valence-electron chi connectivity index (χ4n) is 1.77. The Morgan fingerprint density at radius 3 is 2.58 bits per heavy atom. The molecule has 0 fully saturated rings. The van der Waals surface area contributed by atoms with E-state index in [4.69, 9.17) is 0 Å². The first-order valence-electron chi connectivity index (χ1n) is 5.81. The average Bonchev–Trinajstić information content (AvgIpc) is 2.37. The van der Waals surface area contributed by atoms with Crippen LogP contribution in [0.5, 0.6) is 0 Å². The zero-order valence-corrected chi connectivity index (χ0v) is 13.8. The second-order valence-corrected chi connectivity index (χ2v) is 6.10. The highest BCUT2D eigenvalue weighted by atomic mass is 79.9. The minimum absolute atomic E-state index is 0.0972. The largest absolute Gasteiger partial charge is 0.322 e. The highest BCUT2D eigenvalue weighted by Gasteiger charge is 2.12. The third-order valence-corrected chi connectivity index (χ3v) is 4.31. The quantitative estimate of drug-likeness (QED) is 0.770. The smallest absolute Gasteiger partial charge is 0.255 e. The number of halogens is 2. The monoisotopic (exact) mass is 381 g/mol. The normalized spacial score (nSPS) is 10.3. The van der Waals surface area contributed by atoms with Crippen molar-refractivity contribution in [3.63, 3.8) is 0 Å². The number of hydrogen-bond acceptors (Lipinski definition) is 1. The first-order chi connectivity index (χ1) is 8.99. The number of benzene rings is 2. The van der Waals surface area contributed by atoms with Crippen LogP contribution < -0.4 is 5.32 Å². The zero-order chi connectivity index (χ0) is 14.0. The van der Waals surface area contributed by atoms with Gasteiger partial charge < -0.3 is 5.32 Å². The molecule has 0 radical (unpaired) electrons. The van der Waals surface area contributed by atoms with Gasteiger partial charge in [0.05, 0.1) is 0 Å². The van der Waals surface area contributed by atoms with Gasteiger partial charge in [0, 0.05) is 20.2 Å². The minimum Gasteiger partial charge on any atom is -0.322 e. The van der Waals surface area contributed by atoms with Crippen LogP contribution in [0.2, 0.25) is 0 Å². The Labute approximate surface area is 129 Å². The Kier molecular flexibility index (Phi) is 4.42. The Hall–Kier alpha value is -1.13. The first-order valence-corrected chi connectivity index (χ1v) is 7.40. The average molecular weight is 383 g/mol. The number of carbonyl (C=O) groups is 1. The van der Waals surface area contributed by atoms with E-state index in [-0.39, 0.29) is 5.91 Å². The summed E-state index contributed by atoms with van der Waals surface area (Å²) in [4.78, 5) is 12.3. The van der Waals surface area contributed by atoms with Crippen LogP contribution in [-0.4, -0.2) is 5.91 Å². The molecule has 0 aliphatic heterocycles. The number of hydrogen-bond donors (Lipinski definition) is 1. The Morgan fingerprint density at radius 2 is 1.84 bits per heavy atom. The highest BCUT2D eigenvalue weighted by Crippen LogP contribution is 2.23. The fraction of sp³-hybridized carbons (Fsp3) is 0.133. The third-order valence-electron chi connectivity index (χ3n) is 2.96. The van der Waals surface area contributed by atoms with E-state index < -0.39 is 0 Å². The molecule has 2 nitrogen and oxygen atoms in total. The van der Waals surface area contributed by atoms with Gasteiger partial charge in [-0.2, -0.15) is 0 Å². The molecule has 4 heteroatoms. The van der Waals surface area contributed by atoms with Gasteiger partial charge in [-0.25, -0.2) is 0 Å². The number of anilines is 1. The molecule has 0 aliphatic rings. The Morgan fingerprint density at radius 1 is 1.11 bits per heavy atom. The number of aryl methyl sites for hydroxylation is 1. The van der Waals surface area contributed by atoms with Gasteiger partial charge in [0.2, 0.25) is 0 Å². The standard InChI is InChI=1S/C15H13Br2NO/c1-9-6-7-11(16)8-14(9)18-15(19)12-4-3-5-13(17)10(12)2/h3-8H,1-2H3,(H,18,19). The van der Waals surface area contributed by atoms with E-state index in [1.807, 2.05) is 50.2 Å². The lowest BCUT2D eigenvalue weighted by atomic mass is 10.1. The summed E-state index contributed by atoms with van der Waals surface area (Å²) in [5, 5.41) is 2.95. The predicted molar refractivity (Wildman–Crippen MR) is 85.7 cm³/mol. The van der Waals surface area contributed by atoms with E-state index >= 15 is 0 Å². The molecule has 0 atom stereocenters. The van der Waals surface area contributed by atoms with E-state index in [1.54, 1.807) is 0 Å². The van der Waals surface area contributed by atoms with E-state index in [1.165, 1.54) is 0 Å². The van der Waals surface area contributed by atoms with Crippen LogP contribution in [0.25, 0.3) is 0 Å². The maximum atomic E-state index is 12.3. The summed E-state index contributed by atoms with van der Waals surface area (Å²) < 4.78 is 1.88. The van der Waals surface area contributed by atoms with Crippen molar-refractivity contribution in [1.82, 2.24) is 0 Å². The lowest BCUT2D eigenvalue weighted by Gasteiger charge is -2.11. The summed E-state index contributed by atoms with van der Waals surface area (Å²) in [6.07, 6.45) is 0. The molecule has 0 bridgehead atoms. The maximum absolute atomic E-state index is 12.3. The number of rotatable bonds is 2. The molecule has 0 unspecified atom stereocenters. The Balaban J connectivity index is 2.31. The summed E-state index contributed by atoms with van der Waals surface area (Å²) in [7, 11) is 0. The van der Waals surface area contributed by atoms with Crippen molar-refractivity contribution in [1.29, 1.82) is 0 Å². The summed E-state index contributed by atoms with van der Waals surface area (Å²) in [6.45, 7) is 3.89. The van der Waals surface area contributed by atoms with Gasteiger partial charge in [0.15, 0.2) is 0 Å². The summed E-state index contributed by atoms with van der Waals surface area (Å²) in [6, 6.07) is 11.4. The van der Waals surface area contributed by atoms with Crippen LogP contribution in [0.15, 0.2) is 45.3 Å². The van der Waals surface area contributed by atoms with Crippen molar-refractivity contribution in [3.8, 4) is 0 Å². The van der Waals surface area contributed by atoms with Gasteiger partial charge in [-0.15, -0.1) is 0 Å². The molecule has 1 amide bonds. The van der Waals surface area contributed by atoms with Gasteiger partial charge in [-0.1, -0.05) is 44.0 Å². The molecule has 0 saturated heterocycles. The molecule has 0 aliphatic carbocycles. The topological polar surface area (TPSA) is 29.1 Å². The van der Waals surface area contributed by atoms with E-state index in [9.17, 15) is 4.79 Å². The Bertz CT molecular complexity index is 638. The molecule has 98 valence electrons. The van der Waals surface area contributed by atoms with Gasteiger partial charge in [-0.05, 0) is 49.2 Å². The van der Waals surface area contributed by atoms with Gasteiger partial charge in [0.1, 0.15) is 0 Å². The summed E-state index contributed by atoms with van der Waals surface area (Å²) >= 11 is 6.85. The molecule has 0 aromatic heterocycles. The highest BCUT2D eigenvalue weighted by molar-refractivity contribution is 9.10. The summed E-state index contributed by atoms with van der Waals surface area (Å²) in [5.41, 5.74) is 3.46. The van der Waals surface area contributed by atoms with Crippen molar-refractivity contribution in [2.24, 2.45) is 0 Å². The van der Waals surface area contributed by atoms with Crippen molar-refractivity contribution < 1.29 is 4.79 Å². The van der Waals surface area contributed by atoms with Gasteiger partial charge in [-0.3, -0.25) is 4.79 Å². The molecular weight excluding hydrogens is 370 g/mol. The predicted octanol–water partition coefficient (Wildman–Crippen LogP) is 5.08. The lowest BCUT2D eigenvalue weighted by molar-refractivity contribution is 0.102. The number of amides is 1. The molecule has 0 heterocycles. The van der Waals surface area contributed by atoms with Crippen LogP contribution >= 0.6 is 31.9 Å². The molecular formula is C15H13Br2NO. The second-order valence-electron chi connectivity index (χ2n) is 4.33. The second kappa shape index (κ2) is 5.88. The number of nitrogens with one attached hydrogen (secondary N) is 1. The molecule has 2 aromatic carbocycles. The van der Waals surface area contributed by atoms with E-state index in [2.05, 4.69) is 37.2 Å². The van der Waals surface area contributed by atoms with Crippen molar-refractivity contribution in [2.45, 2.75) is 13.8 Å². The van der Waals surface area contributed by atoms with Gasteiger partial charge >= 0.3 is 0 Å². The third kappa shape index (κ3) is 3.25. The maximum Gasteiger partial charge on any atom is 0.255 e. The minimum atomic E-state index is -0.0972. The van der Waals surface area contributed by atoms with Crippen LogP contribution in [-0.2, 0) is 0 Å². The van der Waals surface area contributed by atoms with Crippen molar-refractivity contribution in [3.05, 3.63) is 62.0 Å². The lowest BCUT2D eigenvalue weighted by Crippen LogP contribution is -2.14. The van der Waals surface area contributed by atoms with Crippen LogP contribution in [0.4, 0.5) is 5.69 Å². The SMILES string of the molecule is Cc1ccc(Br)cc1NC(=O)c1cccc(Br)c1C. The zero-order valence-electron chi connectivity index (χ0n) is 10.6. The van der Waals surface area contributed by atoms with Crippen LogP contribution in [0.3, 0.4) is 0 Å². The fourth-order valence-corrected chi connectivity index (χ4v) is 2.50. The summed E-state index contributed by atoms with van der Waals surface area (Å²) in [5.74, 6) is -0.0972. The van der Waals surface area contributed by atoms with Crippen LogP contribution in [0, 0.1) is 13.8 Å². The molecule has 19 heavy (non-hydrogen) atoms. The molecule has 2 rings (SSSR count). The molecule has 0 spiro atoms. The van der Waals surface area contributed by atoms with Crippen LogP contribution in [0.1, 0.15) is 21.5 Å². The number of carbonyl (C=O) groups excluding carboxylic acids is 1. The van der Waals surface area contributed by atoms with Gasteiger partial charge in [0.25, 0.3) is 5.91 Å². The first kappa shape index (κ1) is 14.3. The van der Waals surface area contributed by atoms with Crippen molar-refractivity contribution >= 4 is 43.5 Å². The molecule has 2 aromatic rings.